The van der Waals surface area contributed by atoms with E-state index in [1.54, 1.807) is 6.07 Å². The monoisotopic (exact) mass is 312 g/mol. The molecule has 1 aliphatic heterocycles. The fourth-order valence-electron chi connectivity index (χ4n) is 2.06. The second-order valence-corrected chi connectivity index (χ2v) is 5.40. The van der Waals surface area contributed by atoms with Gasteiger partial charge in [-0.1, -0.05) is 15.9 Å². The van der Waals surface area contributed by atoms with Crippen molar-refractivity contribution in [3.05, 3.63) is 28.2 Å². The average molecular weight is 313 g/mol. The summed E-state index contributed by atoms with van der Waals surface area (Å²) in [5.41, 5.74) is 1.65. The molecule has 0 aliphatic carbocycles. The van der Waals surface area contributed by atoms with Crippen LogP contribution in [-0.2, 0) is 4.74 Å². The van der Waals surface area contributed by atoms with Crippen LogP contribution in [0.5, 0.6) is 0 Å². The van der Waals surface area contributed by atoms with Gasteiger partial charge in [-0.15, -0.1) is 0 Å². The molecule has 1 saturated heterocycles. The molecule has 0 N–H and O–H groups in total. The van der Waals surface area contributed by atoms with Crippen LogP contribution in [0.2, 0.25) is 0 Å². The summed E-state index contributed by atoms with van der Waals surface area (Å²) in [6, 6.07) is 5.71. The van der Waals surface area contributed by atoms with Crippen molar-refractivity contribution in [2.45, 2.75) is 0 Å². The smallest absolute Gasteiger partial charge is 0.337 e. The first-order chi connectivity index (χ1) is 8.60. The number of nitrogens with zero attached hydrogens (tertiary/aromatic N) is 2. The van der Waals surface area contributed by atoms with Crippen molar-refractivity contribution in [1.29, 1.82) is 0 Å². The molecule has 1 fully saturated rings. The minimum atomic E-state index is -0.299. The normalized spacial score (nSPS) is 16.7. The van der Waals surface area contributed by atoms with Crippen molar-refractivity contribution in [2.24, 2.45) is 0 Å². The van der Waals surface area contributed by atoms with Crippen LogP contribution in [0, 0.1) is 0 Å². The van der Waals surface area contributed by atoms with Crippen LogP contribution in [0.1, 0.15) is 10.4 Å². The average Bonchev–Trinajstić information content (AvgIpc) is 2.38. The summed E-state index contributed by atoms with van der Waals surface area (Å²) in [7, 11) is 3.52. The minimum Gasteiger partial charge on any atom is -0.465 e. The van der Waals surface area contributed by atoms with E-state index in [-0.39, 0.29) is 5.97 Å². The van der Waals surface area contributed by atoms with E-state index in [0.717, 1.165) is 36.3 Å². The molecule has 1 aliphatic rings. The summed E-state index contributed by atoms with van der Waals surface area (Å²) in [5, 5.41) is 0. The lowest BCUT2D eigenvalue weighted by molar-refractivity contribution is 0.0600. The van der Waals surface area contributed by atoms with Gasteiger partial charge < -0.3 is 14.5 Å². The Kier molecular flexibility index (Phi) is 4.24. The minimum absolute atomic E-state index is 0.299. The van der Waals surface area contributed by atoms with Gasteiger partial charge in [-0.25, -0.2) is 4.79 Å². The predicted octanol–water partition coefficient (Wildman–Crippen LogP) is 1.99. The van der Waals surface area contributed by atoms with Crippen LogP contribution in [0.4, 0.5) is 5.69 Å². The van der Waals surface area contributed by atoms with E-state index in [2.05, 4.69) is 32.8 Å². The third kappa shape index (κ3) is 3.03. The van der Waals surface area contributed by atoms with Crippen molar-refractivity contribution < 1.29 is 9.53 Å². The van der Waals surface area contributed by atoms with Gasteiger partial charge in [0.25, 0.3) is 0 Å². The lowest BCUT2D eigenvalue weighted by Crippen LogP contribution is -2.44. The van der Waals surface area contributed by atoms with E-state index < -0.39 is 0 Å². The van der Waals surface area contributed by atoms with Gasteiger partial charge in [0.2, 0.25) is 0 Å². The topological polar surface area (TPSA) is 32.8 Å². The zero-order chi connectivity index (χ0) is 13.1. The summed E-state index contributed by atoms with van der Waals surface area (Å²) >= 11 is 3.44. The number of rotatable bonds is 2. The number of carbonyl (C=O) groups excluding carboxylic acids is 1. The third-order valence-corrected chi connectivity index (χ3v) is 3.63. The molecule has 0 spiro atoms. The number of hydrogen-bond donors (Lipinski definition) is 0. The highest BCUT2D eigenvalue weighted by Gasteiger charge is 2.16. The number of likely N-dealkylation sites (N-methyl/N-ethyl adjacent to an activating group) is 1. The Labute approximate surface area is 116 Å². The molecule has 1 aromatic carbocycles. The van der Waals surface area contributed by atoms with Gasteiger partial charge in [0.05, 0.1) is 12.7 Å². The molecule has 0 saturated carbocycles. The van der Waals surface area contributed by atoms with Gasteiger partial charge in [0.1, 0.15) is 0 Å². The Morgan fingerprint density at radius 1 is 1.22 bits per heavy atom. The van der Waals surface area contributed by atoms with Crippen molar-refractivity contribution in [3.63, 3.8) is 0 Å². The second kappa shape index (κ2) is 5.71. The number of anilines is 1. The molecule has 4 nitrogen and oxygen atoms in total. The van der Waals surface area contributed by atoms with E-state index in [4.69, 9.17) is 4.74 Å². The Morgan fingerprint density at radius 2 is 1.89 bits per heavy atom. The number of esters is 1. The van der Waals surface area contributed by atoms with Crippen LogP contribution in [0.25, 0.3) is 0 Å². The molecule has 18 heavy (non-hydrogen) atoms. The summed E-state index contributed by atoms with van der Waals surface area (Å²) in [4.78, 5) is 16.2. The van der Waals surface area contributed by atoms with E-state index in [1.807, 2.05) is 12.1 Å². The van der Waals surface area contributed by atoms with Crippen LogP contribution < -0.4 is 4.90 Å². The Hall–Kier alpha value is -1.07. The number of hydrogen-bond acceptors (Lipinski definition) is 4. The zero-order valence-corrected chi connectivity index (χ0v) is 12.2. The van der Waals surface area contributed by atoms with Crippen molar-refractivity contribution in [2.75, 3.05) is 45.2 Å². The molecule has 0 atom stereocenters. The molecule has 0 amide bonds. The summed E-state index contributed by atoms with van der Waals surface area (Å²) < 4.78 is 5.67. The van der Waals surface area contributed by atoms with Crippen molar-refractivity contribution >= 4 is 27.6 Å². The fraction of sp³-hybridized carbons (Fsp3) is 0.462. The van der Waals surface area contributed by atoms with Gasteiger partial charge in [0.15, 0.2) is 0 Å². The largest absolute Gasteiger partial charge is 0.465 e. The standard InChI is InChI=1S/C13H17BrN2O2/c1-15-3-5-16(6-4-15)12-8-10(13(17)18-2)7-11(14)9-12/h7-9H,3-6H2,1-2H3. The van der Waals surface area contributed by atoms with E-state index in [9.17, 15) is 4.79 Å². The van der Waals surface area contributed by atoms with Crippen LogP contribution in [0.3, 0.4) is 0 Å². The van der Waals surface area contributed by atoms with Gasteiger partial charge >= 0.3 is 5.97 Å². The van der Waals surface area contributed by atoms with E-state index in [1.165, 1.54) is 7.11 Å². The highest BCUT2D eigenvalue weighted by atomic mass is 79.9. The number of benzene rings is 1. The first-order valence-corrected chi connectivity index (χ1v) is 6.72. The predicted molar refractivity (Wildman–Crippen MR) is 75.2 cm³/mol. The number of ether oxygens (including phenoxy) is 1. The highest BCUT2D eigenvalue weighted by Crippen LogP contribution is 2.24. The maximum absolute atomic E-state index is 11.6. The first kappa shape index (κ1) is 13.4. The first-order valence-electron chi connectivity index (χ1n) is 5.92. The lowest BCUT2D eigenvalue weighted by atomic mass is 10.1. The van der Waals surface area contributed by atoms with Gasteiger partial charge in [-0.2, -0.15) is 0 Å². The Balaban J connectivity index is 2.22. The Morgan fingerprint density at radius 3 is 2.50 bits per heavy atom. The molecule has 1 aromatic rings. The lowest BCUT2D eigenvalue weighted by Gasteiger charge is -2.34. The highest BCUT2D eigenvalue weighted by molar-refractivity contribution is 9.10. The molecular weight excluding hydrogens is 296 g/mol. The van der Waals surface area contributed by atoms with Gasteiger partial charge in [-0.3, -0.25) is 0 Å². The zero-order valence-electron chi connectivity index (χ0n) is 10.6. The van der Waals surface area contributed by atoms with E-state index >= 15 is 0 Å². The third-order valence-electron chi connectivity index (χ3n) is 3.17. The molecule has 0 bridgehead atoms. The van der Waals surface area contributed by atoms with Gasteiger partial charge in [-0.05, 0) is 25.2 Å². The van der Waals surface area contributed by atoms with Gasteiger partial charge in [0, 0.05) is 36.3 Å². The summed E-state index contributed by atoms with van der Waals surface area (Å²) in [6.45, 7) is 4.04. The quantitative estimate of drug-likeness (QED) is 0.782. The molecule has 0 aromatic heterocycles. The van der Waals surface area contributed by atoms with E-state index in [0.29, 0.717) is 5.56 Å². The van der Waals surface area contributed by atoms with Crippen molar-refractivity contribution in [1.82, 2.24) is 4.90 Å². The summed E-state index contributed by atoms with van der Waals surface area (Å²) in [6.07, 6.45) is 0. The SMILES string of the molecule is COC(=O)c1cc(Br)cc(N2CCN(C)CC2)c1. The number of piperazine rings is 1. The maximum Gasteiger partial charge on any atom is 0.337 e. The number of methoxy groups -OCH3 is 1. The molecule has 5 heteroatoms. The molecular formula is C13H17BrN2O2. The molecule has 0 radical (unpaired) electrons. The Bertz CT molecular complexity index is 443. The number of carbonyl (C=O) groups is 1. The van der Waals surface area contributed by atoms with Crippen LogP contribution in [0.15, 0.2) is 22.7 Å². The molecule has 98 valence electrons. The summed E-state index contributed by atoms with van der Waals surface area (Å²) in [5.74, 6) is -0.299. The van der Waals surface area contributed by atoms with Crippen molar-refractivity contribution in [3.8, 4) is 0 Å². The van der Waals surface area contributed by atoms with Crippen LogP contribution >= 0.6 is 15.9 Å². The van der Waals surface area contributed by atoms with Crippen LogP contribution in [-0.4, -0.2) is 51.2 Å². The maximum atomic E-state index is 11.6. The molecule has 0 unspecified atom stereocenters. The fourth-order valence-corrected chi connectivity index (χ4v) is 2.54. The molecule has 1 heterocycles. The molecule has 2 rings (SSSR count). The number of halogens is 1. The second-order valence-electron chi connectivity index (χ2n) is 4.48.